The molecule has 1 saturated carbocycles. The van der Waals surface area contributed by atoms with Gasteiger partial charge < -0.3 is 5.32 Å². The van der Waals surface area contributed by atoms with Crippen LogP contribution in [-0.2, 0) is 0 Å². The van der Waals surface area contributed by atoms with Gasteiger partial charge in [0.2, 0.25) is 0 Å². The van der Waals surface area contributed by atoms with Crippen LogP contribution in [0.15, 0.2) is 34.5 Å². The highest BCUT2D eigenvalue weighted by Crippen LogP contribution is 2.31. The average molecular weight is 344 g/mol. The Bertz CT molecular complexity index is 800. The van der Waals surface area contributed by atoms with E-state index in [-0.39, 0.29) is 5.91 Å². The Morgan fingerprint density at radius 2 is 2.13 bits per heavy atom. The fourth-order valence-corrected chi connectivity index (χ4v) is 4.44. The predicted octanol–water partition coefficient (Wildman–Crippen LogP) is 4.44. The van der Waals surface area contributed by atoms with Crippen LogP contribution >= 0.6 is 22.7 Å². The Morgan fingerprint density at radius 3 is 2.91 bits per heavy atom. The SMILES string of the molecule is O=C(Nc1ccnn1C1CCCC1)c1csc(-c2ccsc2)n1. The van der Waals surface area contributed by atoms with Crippen LogP contribution < -0.4 is 5.32 Å². The number of nitrogens with zero attached hydrogens (tertiary/aromatic N) is 3. The summed E-state index contributed by atoms with van der Waals surface area (Å²) in [6, 6.07) is 4.26. The number of thiophene rings is 1. The second-order valence-corrected chi connectivity index (χ2v) is 7.24. The van der Waals surface area contributed by atoms with E-state index in [1.165, 1.54) is 24.2 Å². The maximum atomic E-state index is 12.5. The van der Waals surface area contributed by atoms with Crippen LogP contribution in [0.2, 0.25) is 0 Å². The summed E-state index contributed by atoms with van der Waals surface area (Å²) in [5.41, 5.74) is 1.52. The number of rotatable bonds is 4. The van der Waals surface area contributed by atoms with E-state index < -0.39 is 0 Å². The van der Waals surface area contributed by atoms with Gasteiger partial charge in [0.05, 0.1) is 12.2 Å². The Hall–Kier alpha value is -1.99. The minimum atomic E-state index is -0.178. The van der Waals surface area contributed by atoms with E-state index in [9.17, 15) is 4.79 Å². The van der Waals surface area contributed by atoms with Crippen molar-refractivity contribution in [1.29, 1.82) is 0 Å². The minimum absolute atomic E-state index is 0.178. The molecule has 5 nitrogen and oxygen atoms in total. The molecule has 0 spiro atoms. The molecule has 1 fully saturated rings. The van der Waals surface area contributed by atoms with Gasteiger partial charge in [-0.3, -0.25) is 4.79 Å². The summed E-state index contributed by atoms with van der Waals surface area (Å²) in [6.07, 6.45) is 6.46. The van der Waals surface area contributed by atoms with Gasteiger partial charge in [0.15, 0.2) is 0 Å². The van der Waals surface area contributed by atoms with Gasteiger partial charge in [-0.2, -0.15) is 16.4 Å². The molecule has 0 unspecified atom stereocenters. The molecule has 23 heavy (non-hydrogen) atoms. The van der Waals surface area contributed by atoms with E-state index in [0.717, 1.165) is 29.2 Å². The Morgan fingerprint density at radius 1 is 1.26 bits per heavy atom. The van der Waals surface area contributed by atoms with E-state index in [1.54, 1.807) is 22.9 Å². The maximum Gasteiger partial charge on any atom is 0.276 e. The average Bonchev–Trinajstić information content (AvgIpc) is 3.31. The normalized spacial score (nSPS) is 15.1. The Labute approximate surface area is 142 Å². The zero-order valence-electron chi connectivity index (χ0n) is 12.4. The van der Waals surface area contributed by atoms with Crippen molar-refractivity contribution in [1.82, 2.24) is 14.8 Å². The molecule has 1 aliphatic carbocycles. The van der Waals surface area contributed by atoms with Crippen molar-refractivity contribution >= 4 is 34.4 Å². The quantitative estimate of drug-likeness (QED) is 0.761. The van der Waals surface area contributed by atoms with Crippen molar-refractivity contribution < 1.29 is 4.79 Å². The molecule has 0 aliphatic heterocycles. The molecule has 0 aromatic carbocycles. The first kappa shape index (κ1) is 14.6. The molecule has 3 heterocycles. The number of thiazole rings is 1. The lowest BCUT2D eigenvalue weighted by Crippen LogP contribution is -2.18. The number of carbonyl (C=O) groups excluding carboxylic acids is 1. The summed E-state index contributed by atoms with van der Waals surface area (Å²) in [5.74, 6) is 0.578. The van der Waals surface area contributed by atoms with Crippen molar-refractivity contribution in [3.8, 4) is 10.6 Å². The number of nitrogens with one attached hydrogen (secondary N) is 1. The summed E-state index contributed by atoms with van der Waals surface area (Å²) >= 11 is 3.12. The monoisotopic (exact) mass is 344 g/mol. The number of amides is 1. The van der Waals surface area contributed by atoms with Crippen LogP contribution in [0.4, 0.5) is 5.82 Å². The highest BCUT2D eigenvalue weighted by Gasteiger charge is 2.21. The molecule has 3 aromatic heterocycles. The predicted molar refractivity (Wildman–Crippen MR) is 93.1 cm³/mol. The first-order valence-corrected chi connectivity index (χ1v) is 9.46. The number of hydrogen-bond acceptors (Lipinski definition) is 5. The minimum Gasteiger partial charge on any atom is -0.305 e. The van der Waals surface area contributed by atoms with E-state index in [4.69, 9.17) is 0 Å². The van der Waals surface area contributed by atoms with E-state index in [1.807, 2.05) is 27.6 Å². The standard InChI is InChI=1S/C16H16N4OS2/c21-15(13-10-23-16(18-13)11-6-8-22-9-11)19-14-5-7-17-20(14)12-3-1-2-4-12/h5-10,12H,1-4H2,(H,19,21). The lowest BCUT2D eigenvalue weighted by Gasteiger charge is -2.14. The molecule has 7 heteroatoms. The summed E-state index contributed by atoms with van der Waals surface area (Å²) in [7, 11) is 0. The second kappa shape index (κ2) is 6.25. The second-order valence-electron chi connectivity index (χ2n) is 5.60. The van der Waals surface area contributed by atoms with E-state index in [0.29, 0.717) is 11.7 Å². The van der Waals surface area contributed by atoms with Crippen molar-refractivity contribution in [3.63, 3.8) is 0 Å². The molecule has 118 valence electrons. The molecule has 0 atom stereocenters. The Balaban J connectivity index is 1.51. The molecule has 4 rings (SSSR count). The highest BCUT2D eigenvalue weighted by molar-refractivity contribution is 7.14. The number of aromatic nitrogens is 3. The summed E-state index contributed by atoms with van der Waals surface area (Å²) < 4.78 is 1.94. The van der Waals surface area contributed by atoms with Crippen LogP contribution in [0.5, 0.6) is 0 Å². The lowest BCUT2D eigenvalue weighted by molar-refractivity contribution is 0.102. The van der Waals surface area contributed by atoms with E-state index in [2.05, 4.69) is 15.4 Å². The van der Waals surface area contributed by atoms with Gasteiger partial charge in [-0.15, -0.1) is 11.3 Å². The third-order valence-corrected chi connectivity index (χ3v) is 5.66. The lowest BCUT2D eigenvalue weighted by atomic mass is 10.2. The van der Waals surface area contributed by atoms with Gasteiger partial charge in [-0.25, -0.2) is 9.67 Å². The molecule has 3 aromatic rings. The highest BCUT2D eigenvalue weighted by atomic mass is 32.1. The fraction of sp³-hybridized carbons (Fsp3) is 0.312. The zero-order chi connectivity index (χ0) is 15.6. The first-order valence-electron chi connectivity index (χ1n) is 7.64. The van der Waals surface area contributed by atoms with Crippen LogP contribution in [0.25, 0.3) is 10.6 Å². The van der Waals surface area contributed by atoms with E-state index >= 15 is 0 Å². The Kier molecular flexibility index (Phi) is 3.97. The maximum absolute atomic E-state index is 12.5. The first-order chi connectivity index (χ1) is 11.3. The smallest absolute Gasteiger partial charge is 0.276 e. The van der Waals surface area contributed by atoms with Gasteiger partial charge in [-0.1, -0.05) is 12.8 Å². The van der Waals surface area contributed by atoms with Gasteiger partial charge >= 0.3 is 0 Å². The zero-order valence-corrected chi connectivity index (χ0v) is 14.1. The number of anilines is 1. The molecule has 0 bridgehead atoms. The number of hydrogen-bond donors (Lipinski definition) is 1. The largest absolute Gasteiger partial charge is 0.305 e. The van der Waals surface area contributed by atoms with Gasteiger partial charge in [-0.05, 0) is 24.3 Å². The summed E-state index contributed by atoms with van der Waals surface area (Å²) in [4.78, 5) is 16.9. The third-order valence-electron chi connectivity index (χ3n) is 4.09. The van der Waals surface area contributed by atoms with Gasteiger partial charge in [0.25, 0.3) is 5.91 Å². The number of carbonyl (C=O) groups is 1. The van der Waals surface area contributed by atoms with Gasteiger partial charge in [0, 0.05) is 22.4 Å². The van der Waals surface area contributed by atoms with Crippen LogP contribution in [0.3, 0.4) is 0 Å². The molecular weight excluding hydrogens is 328 g/mol. The topological polar surface area (TPSA) is 59.8 Å². The van der Waals surface area contributed by atoms with Crippen LogP contribution in [0.1, 0.15) is 42.2 Å². The molecule has 0 saturated heterocycles. The third kappa shape index (κ3) is 2.94. The van der Waals surface area contributed by atoms with Crippen molar-refractivity contribution in [3.05, 3.63) is 40.2 Å². The van der Waals surface area contributed by atoms with Crippen LogP contribution in [-0.4, -0.2) is 20.7 Å². The van der Waals surface area contributed by atoms with Crippen molar-refractivity contribution in [2.24, 2.45) is 0 Å². The molecule has 1 N–H and O–H groups in total. The summed E-state index contributed by atoms with van der Waals surface area (Å²) in [5, 5.41) is 14.1. The summed E-state index contributed by atoms with van der Waals surface area (Å²) in [6.45, 7) is 0. The fourth-order valence-electron chi connectivity index (χ4n) is 2.93. The molecule has 1 aliphatic rings. The molecular formula is C16H16N4OS2. The van der Waals surface area contributed by atoms with Gasteiger partial charge in [0.1, 0.15) is 16.5 Å². The molecule has 0 radical (unpaired) electrons. The van der Waals surface area contributed by atoms with Crippen molar-refractivity contribution in [2.45, 2.75) is 31.7 Å². The van der Waals surface area contributed by atoms with Crippen LogP contribution in [0, 0.1) is 0 Å². The van der Waals surface area contributed by atoms with Crippen molar-refractivity contribution in [2.75, 3.05) is 5.32 Å². The molecule has 1 amide bonds.